The van der Waals surface area contributed by atoms with Gasteiger partial charge >= 0.3 is 5.97 Å². The topological polar surface area (TPSA) is 127 Å². The molecule has 1 aromatic carbocycles. The highest BCUT2D eigenvalue weighted by Crippen LogP contribution is 2.19. The van der Waals surface area contributed by atoms with Crippen molar-refractivity contribution in [2.75, 3.05) is 6.54 Å². The van der Waals surface area contributed by atoms with E-state index in [1.807, 2.05) is 0 Å². The first-order chi connectivity index (χ1) is 11.7. The Morgan fingerprint density at radius 1 is 1.28 bits per heavy atom. The maximum atomic E-state index is 12.1. The monoisotopic (exact) mass is 346 g/mol. The smallest absolute Gasteiger partial charge is 0.309 e. The van der Waals surface area contributed by atoms with Crippen molar-refractivity contribution in [3.05, 3.63) is 52.3 Å². The number of carbonyl (C=O) groups is 2. The first-order valence-corrected chi connectivity index (χ1v) is 7.53. The van der Waals surface area contributed by atoms with Crippen molar-refractivity contribution in [3.63, 3.8) is 0 Å². The lowest BCUT2D eigenvalue weighted by Gasteiger charge is -2.18. The van der Waals surface area contributed by atoms with Gasteiger partial charge in [-0.05, 0) is 38.5 Å². The predicted molar refractivity (Wildman–Crippen MR) is 88.6 cm³/mol. The third-order valence-corrected chi connectivity index (χ3v) is 3.76. The van der Waals surface area contributed by atoms with Gasteiger partial charge in [-0.15, -0.1) is 0 Å². The van der Waals surface area contributed by atoms with E-state index in [1.54, 1.807) is 20.0 Å². The molecule has 0 fully saturated rings. The number of rotatable bonds is 7. The second-order valence-electron chi connectivity index (χ2n) is 6.11. The van der Waals surface area contributed by atoms with E-state index >= 15 is 0 Å². The summed E-state index contributed by atoms with van der Waals surface area (Å²) in [6.45, 7) is 3.39. The van der Waals surface area contributed by atoms with Crippen LogP contribution in [0.25, 0.3) is 5.69 Å². The van der Waals surface area contributed by atoms with E-state index in [1.165, 1.54) is 35.0 Å². The first kappa shape index (κ1) is 18.1. The molecule has 0 unspecified atom stereocenters. The average Bonchev–Trinajstić information content (AvgIpc) is 3.04. The number of carbonyl (C=O) groups excluding carboxylic acids is 1. The summed E-state index contributed by atoms with van der Waals surface area (Å²) in [5.74, 6) is -1.34. The Kier molecular flexibility index (Phi) is 5.16. The van der Waals surface area contributed by atoms with E-state index in [0.717, 1.165) is 0 Å². The van der Waals surface area contributed by atoms with Gasteiger partial charge in [-0.1, -0.05) is 0 Å². The van der Waals surface area contributed by atoms with E-state index in [4.69, 9.17) is 5.11 Å². The summed E-state index contributed by atoms with van der Waals surface area (Å²) in [6.07, 6.45) is 1.86. The second kappa shape index (κ2) is 7.12. The number of carboxylic acid groups (broad SMARTS) is 1. The quantitative estimate of drug-likeness (QED) is 0.583. The molecule has 132 valence electrons. The van der Waals surface area contributed by atoms with Crippen molar-refractivity contribution in [1.29, 1.82) is 0 Å². The lowest BCUT2D eigenvalue weighted by molar-refractivity contribution is -0.384. The van der Waals surface area contributed by atoms with Crippen LogP contribution in [-0.4, -0.2) is 38.2 Å². The van der Waals surface area contributed by atoms with Crippen LogP contribution in [0, 0.1) is 15.5 Å². The van der Waals surface area contributed by atoms with Gasteiger partial charge in [0.05, 0.1) is 16.0 Å². The molecule has 0 aliphatic heterocycles. The molecule has 0 spiro atoms. The van der Waals surface area contributed by atoms with E-state index in [0.29, 0.717) is 5.69 Å². The molecule has 0 radical (unpaired) electrons. The number of amides is 1. The van der Waals surface area contributed by atoms with Crippen LogP contribution < -0.4 is 5.32 Å². The van der Waals surface area contributed by atoms with E-state index in [9.17, 15) is 19.7 Å². The molecular weight excluding hydrogens is 328 g/mol. The molecule has 2 N–H and O–H groups in total. The number of non-ortho nitro benzene ring substituents is 1. The fourth-order valence-electron chi connectivity index (χ4n) is 2.00. The molecule has 1 heterocycles. The number of hydrogen-bond acceptors (Lipinski definition) is 5. The number of nitrogens with one attached hydrogen (secondary N) is 1. The summed E-state index contributed by atoms with van der Waals surface area (Å²) in [4.78, 5) is 33.2. The zero-order chi connectivity index (χ0) is 18.6. The summed E-state index contributed by atoms with van der Waals surface area (Å²) < 4.78 is 1.43. The zero-order valence-electron chi connectivity index (χ0n) is 13.8. The van der Waals surface area contributed by atoms with E-state index in [-0.39, 0.29) is 24.3 Å². The number of aromatic nitrogens is 2. The highest BCUT2D eigenvalue weighted by Gasteiger charge is 2.26. The van der Waals surface area contributed by atoms with Crippen molar-refractivity contribution in [2.24, 2.45) is 5.41 Å². The number of hydrogen-bond donors (Lipinski definition) is 2. The summed E-state index contributed by atoms with van der Waals surface area (Å²) in [5.41, 5.74) is -0.205. The van der Waals surface area contributed by atoms with Crippen LogP contribution in [0.2, 0.25) is 0 Å². The molecule has 0 bridgehead atoms. The number of aliphatic carboxylic acids is 1. The minimum atomic E-state index is -0.927. The standard InChI is InChI=1S/C16H18N4O5/c1-16(2,15(22)23)8-9-17-14(21)13-7-10-19(18-13)11-3-5-12(6-4-11)20(24)25/h3-7,10H,8-9H2,1-2H3,(H,17,21)(H,22,23). The van der Waals surface area contributed by atoms with Crippen molar-refractivity contribution in [2.45, 2.75) is 20.3 Å². The fourth-order valence-corrected chi connectivity index (χ4v) is 2.00. The Bertz CT molecular complexity index is 795. The SMILES string of the molecule is CC(C)(CCNC(=O)c1ccn(-c2ccc([N+](=O)[O-])cc2)n1)C(=O)O. The van der Waals surface area contributed by atoms with Gasteiger partial charge in [0.2, 0.25) is 0 Å². The first-order valence-electron chi connectivity index (χ1n) is 7.53. The third kappa shape index (κ3) is 4.40. The number of nitrogens with zero attached hydrogens (tertiary/aromatic N) is 3. The van der Waals surface area contributed by atoms with Gasteiger partial charge in [-0.2, -0.15) is 5.10 Å². The Hall–Kier alpha value is -3.23. The Labute approximate surface area is 143 Å². The Morgan fingerprint density at radius 3 is 2.48 bits per heavy atom. The minimum Gasteiger partial charge on any atom is -0.481 e. The normalized spacial score (nSPS) is 11.1. The van der Waals surface area contributed by atoms with Gasteiger partial charge in [-0.25, -0.2) is 4.68 Å². The summed E-state index contributed by atoms with van der Waals surface area (Å²) in [7, 11) is 0. The van der Waals surface area contributed by atoms with E-state index in [2.05, 4.69) is 10.4 Å². The van der Waals surface area contributed by atoms with Crippen LogP contribution in [0.1, 0.15) is 30.8 Å². The highest BCUT2D eigenvalue weighted by molar-refractivity contribution is 5.92. The van der Waals surface area contributed by atoms with Crippen molar-refractivity contribution in [3.8, 4) is 5.69 Å². The van der Waals surface area contributed by atoms with Gasteiger partial charge in [0, 0.05) is 24.9 Å². The molecule has 0 atom stereocenters. The molecule has 9 heteroatoms. The molecule has 0 saturated heterocycles. The van der Waals surface area contributed by atoms with E-state index < -0.39 is 22.2 Å². The van der Waals surface area contributed by atoms with Gasteiger partial charge in [0.1, 0.15) is 0 Å². The van der Waals surface area contributed by atoms with Gasteiger partial charge in [0.15, 0.2) is 5.69 Å². The molecule has 2 rings (SSSR count). The average molecular weight is 346 g/mol. The molecular formula is C16H18N4O5. The summed E-state index contributed by atoms with van der Waals surface area (Å²) in [5, 5.41) is 26.4. The van der Waals surface area contributed by atoms with Crippen molar-refractivity contribution >= 4 is 17.6 Å². The zero-order valence-corrected chi connectivity index (χ0v) is 13.8. The molecule has 1 aromatic heterocycles. The predicted octanol–water partition coefficient (Wildman–Crippen LogP) is 2.01. The van der Waals surface area contributed by atoms with Crippen molar-refractivity contribution in [1.82, 2.24) is 15.1 Å². The highest BCUT2D eigenvalue weighted by atomic mass is 16.6. The van der Waals surface area contributed by atoms with Gasteiger partial charge in [-0.3, -0.25) is 19.7 Å². The number of nitro benzene ring substituents is 1. The largest absolute Gasteiger partial charge is 0.481 e. The molecule has 9 nitrogen and oxygen atoms in total. The maximum Gasteiger partial charge on any atom is 0.309 e. The number of nitro groups is 1. The Balaban J connectivity index is 1.99. The molecule has 2 aromatic rings. The third-order valence-electron chi connectivity index (χ3n) is 3.76. The van der Waals surface area contributed by atoms with Crippen molar-refractivity contribution < 1.29 is 19.6 Å². The summed E-state index contributed by atoms with van der Waals surface area (Å²) >= 11 is 0. The second-order valence-corrected chi connectivity index (χ2v) is 6.11. The lowest BCUT2D eigenvalue weighted by atomic mass is 9.90. The molecule has 0 saturated carbocycles. The van der Waals surface area contributed by atoms with Crippen LogP contribution in [-0.2, 0) is 4.79 Å². The van der Waals surface area contributed by atoms with Crippen LogP contribution in [0.5, 0.6) is 0 Å². The number of benzene rings is 1. The minimum absolute atomic E-state index is 0.0325. The molecule has 0 aliphatic rings. The maximum absolute atomic E-state index is 12.1. The lowest BCUT2D eigenvalue weighted by Crippen LogP contribution is -2.32. The summed E-state index contributed by atoms with van der Waals surface area (Å²) in [6, 6.07) is 7.28. The molecule has 0 aliphatic carbocycles. The van der Waals surface area contributed by atoms with Crippen LogP contribution in [0.4, 0.5) is 5.69 Å². The molecule has 1 amide bonds. The molecule has 25 heavy (non-hydrogen) atoms. The fraction of sp³-hybridized carbons (Fsp3) is 0.312. The van der Waals surface area contributed by atoms with Gasteiger partial charge < -0.3 is 10.4 Å². The van der Waals surface area contributed by atoms with Crippen LogP contribution in [0.15, 0.2) is 36.5 Å². The van der Waals surface area contributed by atoms with Gasteiger partial charge in [0.25, 0.3) is 11.6 Å². The van der Waals surface area contributed by atoms with Crippen LogP contribution in [0.3, 0.4) is 0 Å². The number of carboxylic acids is 1. The Morgan fingerprint density at radius 2 is 1.92 bits per heavy atom. The van der Waals surface area contributed by atoms with Crippen LogP contribution >= 0.6 is 0 Å².